The highest BCUT2D eigenvalue weighted by atomic mass is 19.1. The maximum Gasteiger partial charge on any atom is 0.295 e. The number of hydrogen-bond donors (Lipinski definition) is 1. The maximum absolute atomic E-state index is 13.4. The fourth-order valence-corrected chi connectivity index (χ4v) is 3.63. The molecule has 164 valence electrons. The number of ether oxygens (including phenoxy) is 2. The molecule has 0 saturated carbocycles. The Balaban J connectivity index is 2.23. The highest BCUT2D eigenvalue weighted by molar-refractivity contribution is 6.46. The normalized spacial score (nSPS) is 18.0. The van der Waals surface area contributed by atoms with E-state index in [1.54, 1.807) is 18.2 Å². The molecule has 1 heterocycles. The summed E-state index contributed by atoms with van der Waals surface area (Å²) < 4.78 is 24.3. The first kappa shape index (κ1) is 22.3. The Morgan fingerprint density at radius 1 is 1.10 bits per heavy atom. The first-order valence-electron chi connectivity index (χ1n) is 9.70. The summed E-state index contributed by atoms with van der Waals surface area (Å²) in [5.41, 5.74) is 0.657. The van der Waals surface area contributed by atoms with E-state index in [-0.39, 0.29) is 23.4 Å². The van der Waals surface area contributed by atoms with Crippen molar-refractivity contribution in [3.8, 4) is 11.5 Å². The fourth-order valence-electron chi connectivity index (χ4n) is 3.63. The smallest absolute Gasteiger partial charge is 0.295 e. The van der Waals surface area contributed by atoms with Gasteiger partial charge in [0.05, 0.1) is 25.8 Å². The van der Waals surface area contributed by atoms with Gasteiger partial charge in [-0.15, -0.1) is 0 Å². The number of benzene rings is 2. The van der Waals surface area contributed by atoms with E-state index in [9.17, 15) is 19.1 Å². The van der Waals surface area contributed by atoms with Crippen LogP contribution >= 0.6 is 0 Å². The number of likely N-dealkylation sites (N-methyl/N-ethyl adjacent to an activating group) is 1. The highest BCUT2D eigenvalue weighted by Crippen LogP contribution is 2.45. The van der Waals surface area contributed by atoms with E-state index in [0.717, 1.165) is 0 Å². The van der Waals surface area contributed by atoms with Crippen LogP contribution in [0.2, 0.25) is 0 Å². The largest absolute Gasteiger partial charge is 0.507 e. The molecule has 7 nitrogen and oxygen atoms in total. The van der Waals surface area contributed by atoms with Crippen LogP contribution in [0.3, 0.4) is 0 Å². The van der Waals surface area contributed by atoms with Crippen molar-refractivity contribution in [3.05, 3.63) is 65.0 Å². The van der Waals surface area contributed by atoms with Crippen LogP contribution in [0.15, 0.2) is 48.0 Å². The number of hydrogen-bond acceptors (Lipinski definition) is 6. The second-order valence-electron chi connectivity index (χ2n) is 7.39. The quantitative estimate of drug-likeness (QED) is 0.415. The van der Waals surface area contributed by atoms with Crippen molar-refractivity contribution in [2.75, 3.05) is 41.4 Å². The third kappa shape index (κ3) is 4.25. The Labute approximate surface area is 180 Å². The second-order valence-corrected chi connectivity index (χ2v) is 7.39. The van der Waals surface area contributed by atoms with Gasteiger partial charge in [0.2, 0.25) is 0 Å². The number of carbonyl (C=O) groups is 2. The Morgan fingerprint density at radius 3 is 2.35 bits per heavy atom. The Bertz CT molecular complexity index is 1020. The summed E-state index contributed by atoms with van der Waals surface area (Å²) in [5, 5.41) is 11.0. The van der Waals surface area contributed by atoms with Crippen LogP contribution in [0.5, 0.6) is 11.5 Å². The highest BCUT2D eigenvalue weighted by Gasteiger charge is 2.47. The number of carbonyl (C=O) groups excluding carboxylic acids is 2. The lowest BCUT2D eigenvalue weighted by Crippen LogP contribution is -2.35. The van der Waals surface area contributed by atoms with Crippen molar-refractivity contribution in [3.63, 3.8) is 0 Å². The molecule has 1 fully saturated rings. The van der Waals surface area contributed by atoms with Crippen LogP contribution in [0, 0.1) is 5.82 Å². The van der Waals surface area contributed by atoms with E-state index >= 15 is 0 Å². The lowest BCUT2D eigenvalue weighted by Gasteiger charge is -2.28. The molecule has 0 aliphatic carbocycles. The molecule has 1 aliphatic heterocycles. The Kier molecular flexibility index (Phi) is 6.60. The molecule has 1 amide bonds. The predicted octanol–water partition coefficient (Wildman–Crippen LogP) is 2.83. The molecule has 2 aromatic carbocycles. The van der Waals surface area contributed by atoms with E-state index in [0.29, 0.717) is 23.6 Å². The van der Waals surface area contributed by atoms with Gasteiger partial charge in [-0.2, -0.15) is 0 Å². The third-order valence-electron chi connectivity index (χ3n) is 5.17. The van der Waals surface area contributed by atoms with Gasteiger partial charge in [0, 0.05) is 24.2 Å². The fraction of sp³-hybridized carbons (Fsp3) is 0.304. The predicted molar refractivity (Wildman–Crippen MR) is 114 cm³/mol. The minimum atomic E-state index is -0.893. The molecular weight excluding hydrogens is 403 g/mol. The summed E-state index contributed by atoms with van der Waals surface area (Å²) in [4.78, 5) is 29.2. The van der Waals surface area contributed by atoms with Crippen molar-refractivity contribution in [1.29, 1.82) is 0 Å². The lowest BCUT2D eigenvalue weighted by molar-refractivity contribution is -0.140. The number of likely N-dealkylation sites (tertiary alicyclic amines) is 1. The first-order chi connectivity index (χ1) is 14.8. The van der Waals surface area contributed by atoms with Crippen molar-refractivity contribution >= 4 is 17.4 Å². The number of methoxy groups -OCH3 is 2. The van der Waals surface area contributed by atoms with Gasteiger partial charge in [-0.05, 0) is 44.4 Å². The number of rotatable bonds is 7. The number of amides is 1. The molecule has 1 saturated heterocycles. The standard InChI is InChI=1S/C23H25FN2O5/c1-25(2)12-13-26-19(16-6-5-7-17(30-3)22(16)31-4)18(21(28)23(26)29)20(27)14-8-10-15(24)11-9-14/h5-11,19,27H,12-13H2,1-4H3/b20-18+/t19-/m0/s1. The van der Waals surface area contributed by atoms with E-state index in [1.165, 1.54) is 43.4 Å². The monoisotopic (exact) mass is 428 g/mol. The number of ketones is 1. The molecule has 1 atom stereocenters. The number of aliphatic hydroxyl groups excluding tert-OH is 1. The van der Waals surface area contributed by atoms with Gasteiger partial charge in [-0.3, -0.25) is 9.59 Å². The van der Waals surface area contributed by atoms with Crippen molar-refractivity contribution in [1.82, 2.24) is 9.80 Å². The van der Waals surface area contributed by atoms with Gasteiger partial charge in [0.15, 0.2) is 11.5 Å². The van der Waals surface area contributed by atoms with Gasteiger partial charge >= 0.3 is 0 Å². The molecule has 0 radical (unpaired) electrons. The third-order valence-corrected chi connectivity index (χ3v) is 5.17. The minimum Gasteiger partial charge on any atom is -0.507 e. The molecule has 0 unspecified atom stereocenters. The summed E-state index contributed by atoms with van der Waals surface area (Å²) >= 11 is 0. The summed E-state index contributed by atoms with van der Waals surface area (Å²) in [6.45, 7) is 0.759. The lowest BCUT2D eigenvalue weighted by atomic mass is 9.94. The van der Waals surface area contributed by atoms with E-state index in [1.807, 2.05) is 19.0 Å². The van der Waals surface area contributed by atoms with Crippen molar-refractivity contribution in [2.45, 2.75) is 6.04 Å². The maximum atomic E-state index is 13.4. The molecule has 3 rings (SSSR count). The van der Waals surface area contributed by atoms with Crippen LogP contribution < -0.4 is 9.47 Å². The number of Topliss-reactive ketones (excluding diaryl/α,β-unsaturated/α-hetero) is 1. The number of aliphatic hydroxyl groups is 1. The molecule has 1 N–H and O–H groups in total. The molecule has 31 heavy (non-hydrogen) atoms. The average Bonchev–Trinajstić information content (AvgIpc) is 3.01. The minimum absolute atomic E-state index is 0.0816. The van der Waals surface area contributed by atoms with Crippen LogP contribution in [-0.2, 0) is 9.59 Å². The van der Waals surface area contributed by atoms with E-state index in [2.05, 4.69) is 0 Å². The SMILES string of the molecule is COc1cccc([C@H]2/C(=C(\O)c3ccc(F)cc3)C(=O)C(=O)N2CCN(C)C)c1OC. The van der Waals surface area contributed by atoms with Crippen LogP contribution in [0.4, 0.5) is 4.39 Å². The molecule has 1 aliphatic rings. The summed E-state index contributed by atoms with van der Waals surface area (Å²) in [6.07, 6.45) is 0. The van der Waals surface area contributed by atoms with Gasteiger partial charge in [0.1, 0.15) is 11.6 Å². The Morgan fingerprint density at radius 2 is 1.77 bits per heavy atom. The van der Waals surface area contributed by atoms with Crippen molar-refractivity contribution < 1.29 is 28.6 Å². The van der Waals surface area contributed by atoms with Gasteiger partial charge in [-0.1, -0.05) is 12.1 Å². The molecule has 0 spiro atoms. The zero-order valence-corrected chi connectivity index (χ0v) is 17.9. The number of halogens is 1. The van der Waals surface area contributed by atoms with Crippen LogP contribution in [0.25, 0.3) is 5.76 Å². The number of nitrogens with zero attached hydrogens (tertiary/aromatic N) is 2. The van der Waals surface area contributed by atoms with Crippen LogP contribution in [-0.4, -0.2) is 68.0 Å². The zero-order valence-electron chi connectivity index (χ0n) is 17.9. The second kappa shape index (κ2) is 9.18. The average molecular weight is 428 g/mol. The van der Waals surface area contributed by atoms with E-state index in [4.69, 9.17) is 9.47 Å². The summed E-state index contributed by atoms with van der Waals surface area (Å²) in [6, 6.07) is 9.33. The van der Waals surface area contributed by atoms with Gasteiger partial charge in [-0.25, -0.2) is 4.39 Å². The summed E-state index contributed by atoms with van der Waals surface area (Å²) in [7, 11) is 6.67. The Hall–Kier alpha value is -3.39. The number of para-hydroxylation sites is 1. The molecule has 8 heteroatoms. The summed E-state index contributed by atoms with van der Waals surface area (Å²) in [5.74, 6) is -1.60. The van der Waals surface area contributed by atoms with Crippen molar-refractivity contribution in [2.24, 2.45) is 0 Å². The van der Waals surface area contributed by atoms with E-state index < -0.39 is 23.5 Å². The zero-order chi connectivity index (χ0) is 22.7. The topological polar surface area (TPSA) is 79.3 Å². The molecule has 2 aromatic rings. The van der Waals surface area contributed by atoms with Crippen LogP contribution in [0.1, 0.15) is 17.2 Å². The molecular formula is C23H25FN2O5. The van der Waals surface area contributed by atoms with Gasteiger partial charge in [0.25, 0.3) is 11.7 Å². The first-order valence-corrected chi connectivity index (χ1v) is 9.70. The molecule has 0 bridgehead atoms. The molecule has 0 aromatic heterocycles. The van der Waals surface area contributed by atoms with Gasteiger partial charge < -0.3 is 24.4 Å².